The van der Waals surface area contributed by atoms with E-state index < -0.39 is 23.4 Å². The first-order chi connectivity index (χ1) is 18.2. The lowest BCUT2D eigenvalue weighted by Crippen LogP contribution is -2.13. The average Bonchev–Trinajstić information content (AvgIpc) is 2.85. The molecule has 0 aliphatic heterocycles. The van der Waals surface area contributed by atoms with Crippen LogP contribution in [0, 0.1) is 17.5 Å². The van der Waals surface area contributed by atoms with Crippen LogP contribution in [-0.4, -0.2) is 54.7 Å². The van der Waals surface area contributed by atoms with Gasteiger partial charge < -0.3 is 26.6 Å². The predicted molar refractivity (Wildman–Crippen MR) is 144 cm³/mol. The Balaban J connectivity index is 1.99. The van der Waals surface area contributed by atoms with E-state index in [1.54, 1.807) is 13.1 Å². The van der Waals surface area contributed by atoms with Crippen LogP contribution in [0.3, 0.4) is 0 Å². The molecule has 0 aliphatic carbocycles. The van der Waals surface area contributed by atoms with Crippen LogP contribution in [0.1, 0.15) is 0 Å². The zero-order chi connectivity index (χ0) is 27.7. The zero-order valence-electron chi connectivity index (χ0n) is 21.0. The summed E-state index contributed by atoms with van der Waals surface area (Å²) in [5.74, 6) is -2.58. The van der Waals surface area contributed by atoms with Gasteiger partial charge in [-0.2, -0.15) is 4.98 Å². The maximum absolute atomic E-state index is 14.8. The number of aromatic nitrogens is 2. The third kappa shape index (κ3) is 7.90. The molecule has 5 N–H and O–H groups in total. The van der Waals surface area contributed by atoms with Crippen molar-refractivity contribution < 1.29 is 18.0 Å². The first kappa shape index (κ1) is 27.9. The van der Waals surface area contributed by atoms with Crippen LogP contribution in [0.25, 0.3) is 11.1 Å². The summed E-state index contributed by atoms with van der Waals surface area (Å²) in [6.07, 6.45) is 7.06. The number of allylic oxidation sites excluding steroid dienone is 1. The smallest absolute Gasteiger partial charge is 0.248 e. The van der Waals surface area contributed by atoms with Gasteiger partial charge in [0.25, 0.3) is 0 Å². The molecule has 0 saturated heterocycles. The third-order valence-electron chi connectivity index (χ3n) is 4.89. The van der Waals surface area contributed by atoms with Crippen molar-refractivity contribution in [3.05, 3.63) is 84.1 Å². The molecule has 0 unspecified atom stereocenters. The summed E-state index contributed by atoms with van der Waals surface area (Å²) in [7, 11) is 5.28. The lowest BCUT2D eigenvalue weighted by Gasteiger charge is -2.15. The highest BCUT2D eigenvalue weighted by Crippen LogP contribution is 2.32. The number of likely N-dealkylation sites (N-methyl/N-ethyl adjacent to an activating group) is 1. The first-order valence-electron chi connectivity index (χ1n) is 11.3. The second-order valence-corrected chi connectivity index (χ2v) is 8.22. The average molecular weight is 525 g/mol. The Bertz CT molecular complexity index is 1370. The van der Waals surface area contributed by atoms with Crippen LogP contribution in [0.4, 0.5) is 36.3 Å². The standard InChI is InChI=1S/C26H27F3N8O/c1-31-14-20(13-30)34-26-32-15-21(16-9-17(27)11-18(28)10-16)25(36-26)35-23-12-19(6-7-22(23)29)33-24(38)5-4-8-37(2)3/h4-7,9-15H,8,30H2,1-3H3,(H,33,38)(H2,32,34,35,36)/b5-4+,20-13+,31-14?. The maximum atomic E-state index is 14.8. The number of nitrogens with one attached hydrogen (secondary N) is 3. The molecule has 3 rings (SSSR count). The largest absolute Gasteiger partial charge is 0.403 e. The minimum atomic E-state index is -0.807. The molecule has 198 valence electrons. The van der Waals surface area contributed by atoms with Gasteiger partial charge in [-0.25, -0.2) is 18.2 Å². The Labute approximate surface area is 218 Å². The van der Waals surface area contributed by atoms with Gasteiger partial charge >= 0.3 is 0 Å². The van der Waals surface area contributed by atoms with E-state index in [0.717, 1.165) is 24.3 Å². The number of amides is 1. The Hall–Kier alpha value is -4.71. The SMILES string of the molecule is CN=C/C(=C\N)Nc1ncc(-c2cc(F)cc(F)c2)c(Nc2cc(NC(=O)/C=C/CN(C)C)ccc2F)n1. The van der Waals surface area contributed by atoms with E-state index in [1.807, 2.05) is 19.0 Å². The fourth-order valence-corrected chi connectivity index (χ4v) is 3.22. The molecule has 2 aromatic carbocycles. The number of anilines is 4. The lowest BCUT2D eigenvalue weighted by molar-refractivity contribution is -0.111. The Morgan fingerprint density at radius 1 is 1.11 bits per heavy atom. The number of hydrogen-bond donors (Lipinski definition) is 4. The van der Waals surface area contributed by atoms with E-state index in [2.05, 4.69) is 30.9 Å². The van der Waals surface area contributed by atoms with Crippen molar-refractivity contribution in [1.29, 1.82) is 0 Å². The van der Waals surface area contributed by atoms with Crippen LogP contribution in [0.5, 0.6) is 0 Å². The summed E-state index contributed by atoms with van der Waals surface area (Å²) >= 11 is 0. The van der Waals surface area contributed by atoms with Gasteiger partial charge in [0.2, 0.25) is 11.9 Å². The van der Waals surface area contributed by atoms with Crippen molar-refractivity contribution >= 4 is 35.3 Å². The Morgan fingerprint density at radius 2 is 1.84 bits per heavy atom. The van der Waals surface area contributed by atoms with E-state index in [1.165, 1.54) is 36.8 Å². The van der Waals surface area contributed by atoms with Gasteiger partial charge in [0.1, 0.15) is 23.3 Å². The quantitative estimate of drug-likeness (QED) is 0.231. The summed E-state index contributed by atoms with van der Waals surface area (Å²) in [5, 5.41) is 8.35. The number of aliphatic imine (C=N–C) groups is 1. The van der Waals surface area contributed by atoms with Crippen molar-refractivity contribution in [2.75, 3.05) is 43.6 Å². The Morgan fingerprint density at radius 3 is 2.50 bits per heavy atom. The number of halogens is 3. The second kappa shape index (κ2) is 13.0. The number of nitrogens with zero attached hydrogens (tertiary/aromatic N) is 4. The molecule has 1 aromatic heterocycles. The molecular formula is C26H27F3N8O. The van der Waals surface area contributed by atoms with Crippen LogP contribution in [-0.2, 0) is 4.79 Å². The van der Waals surface area contributed by atoms with E-state index in [0.29, 0.717) is 17.9 Å². The van der Waals surface area contributed by atoms with E-state index >= 15 is 0 Å². The number of carbonyl (C=O) groups is 1. The number of hydrogen-bond acceptors (Lipinski definition) is 8. The van der Waals surface area contributed by atoms with Gasteiger partial charge in [0.15, 0.2) is 0 Å². The van der Waals surface area contributed by atoms with Crippen LogP contribution >= 0.6 is 0 Å². The molecule has 0 aliphatic rings. The summed E-state index contributed by atoms with van der Waals surface area (Å²) < 4.78 is 42.7. The van der Waals surface area contributed by atoms with Crippen LogP contribution in [0.2, 0.25) is 0 Å². The van der Waals surface area contributed by atoms with Gasteiger partial charge in [0.05, 0.1) is 11.4 Å². The van der Waals surface area contributed by atoms with Crippen molar-refractivity contribution in [3.63, 3.8) is 0 Å². The van der Waals surface area contributed by atoms with E-state index in [-0.39, 0.29) is 28.6 Å². The molecule has 0 atom stereocenters. The molecule has 0 saturated carbocycles. The van der Waals surface area contributed by atoms with Crippen molar-refractivity contribution in [2.45, 2.75) is 0 Å². The molecule has 0 bridgehead atoms. The van der Waals surface area contributed by atoms with Gasteiger partial charge in [-0.3, -0.25) is 9.79 Å². The molecule has 9 nitrogen and oxygen atoms in total. The molecule has 1 heterocycles. The van der Waals surface area contributed by atoms with Gasteiger partial charge in [0, 0.05) is 55.6 Å². The van der Waals surface area contributed by atoms with Crippen molar-refractivity contribution in [3.8, 4) is 11.1 Å². The van der Waals surface area contributed by atoms with E-state index in [9.17, 15) is 18.0 Å². The van der Waals surface area contributed by atoms with Gasteiger partial charge in [-0.05, 0) is 50.0 Å². The van der Waals surface area contributed by atoms with Gasteiger partial charge in [-0.1, -0.05) is 6.08 Å². The fourth-order valence-electron chi connectivity index (χ4n) is 3.22. The normalized spacial score (nSPS) is 11.9. The topological polar surface area (TPSA) is 121 Å². The third-order valence-corrected chi connectivity index (χ3v) is 4.89. The molecular weight excluding hydrogens is 497 g/mol. The number of carbonyl (C=O) groups excluding carboxylic acids is 1. The summed E-state index contributed by atoms with van der Waals surface area (Å²) in [4.78, 5) is 26.5. The van der Waals surface area contributed by atoms with Gasteiger partial charge in [-0.15, -0.1) is 0 Å². The lowest BCUT2D eigenvalue weighted by atomic mass is 10.1. The molecule has 1 amide bonds. The number of nitrogens with two attached hydrogens (primary N) is 1. The predicted octanol–water partition coefficient (Wildman–Crippen LogP) is 4.27. The van der Waals surface area contributed by atoms with Crippen molar-refractivity contribution in [1.82, 2.24) is 14.9 Å². The monoisotopic (exact) mass is 524 g/mol. The van der Waals surface area contributed by atoms with Crippen molar-refractivity contribution in [2.24, 2.45) is 10.7 Å². The molecule has 38 heavy (non-hydrogen) atoms. The fraction of sp³-hybridized carbons (Fsp3) is 0.154. The van der Waals surface area contributed by atoms with E-state index in [4.69, 9.17) is 5.73 Å². The maximum Gasteiger partial charge on any atom is 0.248 e. The van der Waals surface area contributed by atoms with Crippen LogP contribution < -0.4 is 21.7 Å². The number of rotatable bonds is 10. The highest BCUT2D eigenvalue weighted by atomic mass is 19.1. The Kier molecular flexibility index (Phi) is 9.54. The second-order valence-electron chi connectivity index (χ2n) is 8.22. The summed E-state index contributed by atoms with van der Waals surface area (Å²) in [6.45, 7) is 0.572. The molecule has 0 fully saturated rings. The molecule has 3 aromatic rings. The highest BCUT2D eigenvalue weighted by Gasteiger charge is 2.15. The molecule has 0 spiro atoms. The minimum absolute atomic E-state index is 0.0329. The first-order valence-corrected chi connectivity index (χ1v) is 11.3. The molecule has 12 heteroatoms. The number of benzene rings is 2. The zero-order valence-corrected chi connectivity index (χ0v) is 21.0. The molecule has 0 radical (unpaired) electrons. The summed E-state index contributed by atoms with van der Waals surface area (Å²) in [6, 6.07) is 6.86. The van der Waals surface area contributed by atoms with Crippen LogP contribution in [0.15, 0.2) is 71.6 Å². The minimum Gasteiger partial charge on any atom is -0.403 e. The highest BCUT2D eigenvalue weighted by molar-refractivity contribution is 5.99. The summed E-state index contributed by atoms with van der Waals surface area (Å²) in [5.41, 5.74) is 6.54.